The molecule has 0 bridgehead atoms. The van der Waals surface area contributed by atoms with E-state index in [1.165, 1.54) is 28.8 Å². The van der Waals surface area contributed by atoms with Crippen molar-refractivity contribution in [1.82, 2.24) is 14.9 Å². The first kappa shape index (κ1) is 17.1. The molecule has 0 aliphatic heterocycles. The molecule has 4 nitrogen and oxygen atoms in total. The van der Waals surface area contributed by atoms with Crippen molar-refractivity contribution in [1.29, 1.82) is 0 Å². The highest BCUT2D eigenvalue weighted by Gasteiger charge is 2.27. The zero-order valence-corrected chi connectivity index (χ0v) is 16.5. The Labute approximate surface area is 163 Å². The number of rotatable bonds is 5. The van der Waals surface area contributed by atoms with Gasteiger partial charge in [-0.2, -0.15) is 0 Å². The molecule has 2 aromatic heterocycles. The van der Waals surface area contributed by atoms with Gasteiger partial charge in [0.15, 0.2) is 0 Å². The summed E-state index contributed by atoms with van der Waals surface area (Å²) in [5.41, 5.74) is 3.74. The molecule has 2 aliphatic rings. The largest absolute Gasteiger partial charge is 0.313 e. The number of fused-ring (bicyclic) bond motifs is 3. The number of nitrogens with zero attached hydrogens (tertiary/aromatic N) is 2. The van der Waals surface area contributed by atoms with Crippen LogP contribution in [0.15, 0.2) is 35.4 Å². The Bertz CT molecular complexity index is 1030. The molecule has 0 saturated heterocycles. The highest BCUT2D eigenvalue weighted by Crippen LogP contribution is 2.34. The van der Waals surface area contributed by atoms with Crippen LogP contribution in [0.1, 0.15) is 40.8 Å². The molecule has 140 valence electrons. The summed E-state index contributed by atoms with van der Waals surface area (Å²) in [5, 5.41) is 4.60. The molecule has 5 rings (SSSR count). The Balaban J connectivity index is 1.42. The lowest BCUT2D eigenvalue weighted by atomic mass is 9.93. The highest BCUT2D eigenvalue weighted by molar-refractivity contribution is 7.18. The van der Waals surface area contributed by atoms with Crippen molar-refractivity contribution < 1.29 is 0 Å². The Morgan fingerprint density at radius 2 is 2.04 bits per heavy atom. The van der Waals surface area contributed by atoms with Gasteiger partial charge in [-0.1, -0.05) is 29.8 Å². The fraction of sp³-hybridized carbons (Fsp3) is 0.455. The standard InChI is InChI=1S/C22H25N3OS/c1-14-2-4-16(5-3-14)12-25-13-24-21-20(22(25)26)18-9-8-17(10-19(18)27-21)23-11-15-6-7-15/h2-5,13,15,17,23H,6-12H2,1H3. The van der Waals surface area contributed by atoms with E-state index in [1.807, 2.05) is 0 Å². The van der Waals surface area contributed by atoms with Crippen molar-refractivity contribution in [2.45, 2.75) is 51.6 Å². The third-order valence-electron chi connectivity index (χ3n) is 5.90. The number of aryl methyl sites for hydroxylation is 2. The van der Waals surface area contributed by atoms with Crippen molar-refractivity contribution >= 4 is 21.6 Å². The van der Waals surface area contributed by atoms with Gasteiger partial charge in [0, 0.05) is 10.9 Å². The fourth-order valence-electron chi connectivity index (χ4n) is 4.03. The van der Waals surface area contributed by atoms with Gasteiger partial charge in [0.05, 0.1) is 18.3 Å². The van der Waals surface area contributed by atoms with Crippen LogP contribution in [0.2, 0.25) is 0 Å². The smallest absolute Gasteiger partial charge is 0.262 e. The molecule has 1 N–H and O–H groups in total. The van der Waals surface area contributed by atoms with Crippen molar-refractivity contribution in [3.8, 4) is 0 Å². The quantitative estimate of drug-likeness (QED) is 0.736. The second-order valence-electron chi connectivity index (χ2n) is 8.14. The number of thiophene rings is 1. The van der Waals surface area contributed by atoms with E-state index in [9.17, 15) is 4.79 Å². The molecule has 3 aromatic rings. The molecule has 2 heterocycles. The number of hydrogen-bond donors (Lipinski definition) is 1. The van der Waals surface area contributed by atoms with Crippen molar-refractivity contribution in [2.24, 2.45) is 5.92 Å². The van der Waals surface area contributed by atoms with Crippen molar-refractivity contribution in [2.75, 3.05) is 6.54 Å². The van der Waals surface area contributed by atoms with E-state index in [-0.39, 0.29) is 5.56 Å². The monoisotopic (exact) mass is 379 g/mol. The first-order valence-electron chi connectivity index (χ1n) is 9.96. The normalized spacial score (nSPS) is 19.4. The first-order valence-corrected chi connectivity index (χ1v) is 10.8. The summed E-state index contributed by atoms with van der Waals surface area (Å²) in [4.78, 5) is 20.1. The minimum atomic E-state index is 0.113. The molecule has 1 fully saturated rings. The summed E-state index contributed by atoms with van der Waals surface area (Å²) in [6.45, 7) is 3.82. The van der Waals surface area contributed by atoms with Gasteiger partial charge in [-0.3, -0.25) is 9.36 Å². The van der Waals surface area contributed by atoms with E-state index >= 15 is 0 Å². The van der Waals surface area contributed by atoms with Crippen LogP contribution in [0.4, 0.5) is 0 Å². The number of nitrogens with one attached hydrogen (secondary N) is 1. The molecule has 0 radical (unpaired) electrons. The molecule has 0 amide bonds. The van der Waals surface area contributed by atoms with Crippen LogP contribution < -0.4 is 10.9 Å². The maximum Gasteiger partial charge on any atom is 0.262 e. The van der Waals surface area contributed by atoms with E-state index in [4.69, 9.17) is 0 Å². The van der Waals surface area contributed by atoms with Crippen LogP contribution in [0, 0.1) is 12.8 Å². The Morgan fingerprint density at radius 1 is 1.22 bits per heavy atom. The minimum Gasteiger partial charge on any atom is -0.313 e. The molecule has 27 heavy (non-hydrogen) atoms. The molecule has 0 spiro atoms. The average Bonchev–Trinajstić information content (AvgIpc) is 3.43. The molecule has 1 unspecified atom stereocenters. The van der Waals surface area contributed by atoms with Crippen molar-refractivity contribution in [3.63, 3.8) is 0 Å². The Hall–Kier alpha value is -1.98. The maximum atomic E-state index is 13.2. The van der Waals surface area contributed by atoms with Crippen molar-refractivity contribution in [3.05, 3.63) is 62.5 Å². The second kappa shape index (κ2) is 6.88. The highest BCUT2D eigenvalue weighted by atomic mass is 32.1. The zero-order chi connectivity index (χ0) is 18.4. The van der Waals surface area contributed by atoms with E-state index in [2.05, 4.69) is 41.5 Å². The fourth-order valence-corrected chi connectivity index (χ4v) is 5.29. The summed E-state index contributed by atoms with van der Waals surface area (Å²) in [6, 6.07) is 8.92. The SMILES string of the molecule is Cc1ccc(Cn2cnc3sc4c(c3c2=O)CCC(NCC2CC2)C4)cc1. The minimum absolute atomic E-state index is 0.113. The Morgan fingerprint density at radius 3 is 2.81 bits per heavy atom. The van der Waals surface area contributed by atoms with Crippen LogP contribution in [-0.4, -0.2) is 22.1 Å². The molecular weight excluding hydrogens is 354 g/mol. The summed E-state index contributed by atoms with van der Waals surface area (Å²) >= 11 is 1.72. The third kappa shape index (κ3) is 3.46. The predicted octanol–water partition coefficient (Wildman–Crippen LogP) is 3.67. The summed E-state index contributed by atoms with van der Waals surface area (Å²) in [5.74, 6) is 0.907. The van der Waals surface area contributed by atoms with Gasteiger partial charge in [0.1, 0.15) is 4.83 Å². The molecule has 1 atom stereocenters. The summed E-state index contributed by atoms with van der Waals surface area (Å²) in [7, 11) is 0. The lowest BCUT2D eigenvalue weighted by Gasteiger charge is -2.23. The zero-order valence-electron chi connectivity index (χ0n) is 15.7. The molecular formula is C22H25N3OS. The first-order chi connectivity index (χ1) is 13.2. The van der Waals surface area contributed by atoms with E-state index in [1.54, 1.807) is 22.2 Å². The van der Waals surface area contributed by atoms with Crippen LogP contribution >= 0.6 is 11.3 Å². The predicted molar refractivity (Wildman–Crippen MR) is 111 cm³/mol. The average molecular weight is 380 g/mol. The Kier molecular flexibility index (Phi) is 4.37. The third-order valence-corrected chi connectivity index (χ3v) is 7.06. The van der Waals surface area contributed by atoms with Gasteiger partial charge in [0.2, 0.25) is 0 Å². The van der Waals surface area contributed by atoms with Gasteiger partial charge in [0.25, 0.3) is 5.56 Å². The molecule has 1 saturated carbocycles. The molecule has 1 aromatic carbocycles. The van der Waals surface area contributed by atoms with E-state index in [0.717, 1.165) is 47.5 Å². The van der Waals surface area contributed by atoms with Gasteiger partial charge in [-0.15, -0.1) is 11.3 Å². The topological polar surface area (TPSA) is 46.9 Å². The van der Waals surface area contributed by atoms with Gasteiger partial charge in [-0.25, -0.2) is 4.98 Å². The van der Waals surface area contributed by atoms with Crippen LogP contribution in [0.25, 0.3) is 10.2 Å². The van der Waals surface area contributed by atoms with Gasteiger partial charge >= 0.3 is 0 Å². The molecule has 5 heteroatoms. The summed E-state index contributed by atoms with van der Waals surface area (Å²) < 4.78 is 1.76. The summed E-state index contributed by atoms with van der Waals surface area (Å²) in [6.07, 6.45) is 7.65. The maximum absolute atomic E-state index is 13.2. The lowest BCUT2D eigenvalue weighted by Crippen LogP contribution is -2.35. The van der Waals surface area contributed by atoms with Crippen LogP contribution in [-0.2, 0) is 19.4 Å². The lowest BCUT2D eigenvalue weighted by molar-refractivity contribution is 0.453. The van der Waals surface area contributed by atoms with Crippen LogP contribution in [0.5, 0.6) is 0 Å². The number of benzene rings is 1. The van der Waals surface area contributed by atoms with E-state index < -0.39 is 0 Å². The van der Waals surface area contributed by atoms with Gasteiger partial charge < -0.3 is 5.32 Å². The number of aromatic nitrogens is 2. The van der Waals surface area contributed by atoms with Crippen LogP contribution in [0.3, 0.4) is 0 Å². The van der Waals surface area contributed by atoms with E-state index in [0.29, 0.717) is 12.6 Å². The molecule has 2 aliphatic carbocycles. The van der Waals surface area contributed by atoms with Gasteiger partial charge in [-0.05, 0) is 62.6 Å². The number of hydrogen-bond acceptors (Lipinski definition) is 4. The second-order valence-corrected chi connectivity index (χ2v) is 9.22.